The second-order valence-corrected chi connectivity index (χ2v) is 3.83. The molecule has 1 aromatic carbocycles. The lowest BCUT2D eigenvalue weighted by atomic mass is 9.95. The van der Waals surface area contributed by atoms with Crippen molar-refractivity contribution in [3.05, 3.63) is 23.7 Å². The Morgan fingerprint density at radius 1 is 1.38 bits per heavy atom. The molecule has 0 aliphatic carbocycles. The minimum atomic E-state index is -2.31. The molecular formula is C12H17NO3. The largest absolute Gasteiger partial charge is 0.504 e. The first-order valence-corrected chi connectivity index (χ1v) is 5.26. The molecule has 0 aromatic heterocycles. The van der Waals surface area contributed by atoms with Crippen LogP contribution >= 0.6 is 0 Å². The number of phenols is 2. The smallest absolute Gasteiger partial charge is 0.157 e. The molecule has 0 spiro atoms. The quantitative estimate of drug-likeness (QED) is 0.574. The number of aromatic hydroxyl groups is 2. The number of hydrogen-bond donors (Lipinski definition) is 4. The van der Waals surface area contributed by atoms with E-state index < -0.39 is 47.3 Å². The maximum atomic E-state index is 10.4. The summed E-state index contributed by atoms with van der Waals surface area (Å²) in [4.78, 5) is 0. The van der Waals surface area contributed by atoms with Crippen LogP contribution in [0.15, 0.2) is 18.1 Å². The van der Waals surface area contributed by atoms with Gasteiger partial charge in [0.1, 0.15) is 0 Å². The Bertz CT molecular complexity index is 501. The summed E-state index contributed by atoms with van der Waals surface area (Å²) in [5.41, 5.74) is -0.461. The molecule has 1 aliphatic rings. The molecule has 0 unspecified atom stereocenters. The highest BCUT2D eigenvalue weighted by molar-refractivity contribution is 5.41. The third-order valence-corrected chi connectivity index (χ3v) is 2.67. The summed E-state index contributed by atoms with van der Waals surface area (Å²) in [6, 6.07) is -2.69. The van der Waals surface area contributed by atoms with E-state index in [-0.39, 0.29) is 0 Å². The summed E-state index contributed by atoms with van der Waals surface area (Å²) in [5, 5.41) is 32.4. The predicted octanol–water partition coefficient (Wildman–Crippen LogP) is 1.27. The fraction of sp³-hybridized carbons (Fsp3) is 0.500. The van der Waals surface area contributed by atoms with Gasteiger partial charge in [0.25, 0.3) is 0 Å². The van der Waals surface area contributed by atoms with Crippen LogP contribution < -0.4 is 5.32 Å². The molecule has 2 rings (SSSR count). The minimum absolute atomic E-state index is 0.461. The van der Waals surface area contributed by atoms with Crippen molar-refractivity contribution in [3.63, 3.8) is 0 Å². The third-order valence-electron chi connectivity index (χ3n) is 2.67. The van der Waals surface area contributed by atoms with Crippen LogP contribution in [0.3, 0.4) is 0 Å². The highest BCUT2D eigenvalue weighted by Crippen LogP contribution is 2.30. The van der Waals surface area contributed by atoms with E-state index in [0.29, 0.717) is 13.0 Å². The van der Waals surface area contributed by atoms with Gasteiger partial charge in [0.2, 0.25) is 0 Å². The second kappa shape index (κ2) is 4.72. The highest BCUT2D eigenvalue weighted by atomic mass is 16.3. The molecule has 1 saturated heterocycles. The van der Waals surface area contributed by atoms with E-state index in [4.69, 9.17) is 5.48 Å². The van der Waals surface area contributed by atoms with Crippen LogP contribution in [-0.2, 0) is 0 Å². The Balaban J connectivity index is 2.56. The normalized spacial score (nSPS) is 28.4. The zero-order valence-corrected chi connectivity index (χ0v) is 8.75. The van der Waals surface area contributed by atoms with Crippen molar-refractivity contribution in [1.29, 1.82) is 0 Å². The van der Waals surface area contributed by atoms with Gasteiger partial charge in [-0.1, -0.05) is 12.5 Å². The molecule has 0 amide bonds. The number of hydrogen-bond acceptors (Lipinski definition) is 4. The summed E-state index contributed by atoms with van der Waals surface area (Å²) in [6.07, 6.45) is -0.0979. The third kappa shape index (κ3) is 2.28. The van der Waals surface area contributed by atoms with E-state index in [9.17, 15) is 15.3 Å². The molecule has 1 fully saturated rings. The van der Waals surface area contributed by atoms with Gasteiger partial charge < -0.3 is 20.6 Å². The standard InChI is InChI=1S/C12H17NO3/c14-10-5-4-8(7-11(10)15)12(16)9-3-1-2-6-13-9/h4-5,7,9,12-16H,1-3,6H2/t9-,12+/m1/s1/i4D,5D,7D,12D. The lowest BCUT2D eigenvalue weighted by molar-refractivity contribution is 0.113. The highest BCUT2D eigenvalue weighted by Gasteiger charge is 2.23. The lowest BCUT2D eigenvalue weighted by Gasteiger charge is -2.28. The summed E-state index contributed by atoms with van der Waals surface area (Å²) in [7, 11) is 0. The van der Waals surface area contributed by atoms with E-state index in [2.05, 4.69) is 5.32 Å². The summed E-state index contributed by atoms with van der Waals surface area (Å²) >= 11 is 0. The van der Waals surface area contributed by atoms with Crippen LogP contribution in [0, 0.1) is 0 Å². The van der Waals surface area contributed by atoms with Crippen molar-refractivity contribution in [3.8, 4) is 11.5 Å². The lowest BCUT2D eigenvalue weighted by Crippen LogP contribution is -2.38. The second-order valence-electron chi connectivity index (χ2n) is 3.83. The maximum Gasteiger partial charge on any atom is 0.157 e. The molecule has 4 nitrogen and oxygen atoms in total. The summed E-state index contributed by atoms with van der Waals surface area (Å²) in [6.45, 7) is 0.615. The fourth-order valence-corrected chi connectivity index (χ4v) is 1.78. The predicted molar refractivity (Wildman–Crippen MR) is 60.4 cm³/mol. The monoisotopic (exact) mass is 227 g/mol. The van der Waals surface area contributed by atoms with E-state index in [0.717, 1.165) is 12.8 Å². The number of rotatable bonds is 2. The van der Waals surface area contributed by atoms with Gasteiger partial charge in [-0.3, -0.25) is 0 Å². The fourth-order valence-electron chi connectivity index (χ4n) is 1.78. The zero-order valence-electron chi connectivity index (χ0n) is 12.7. The molecule has 4 N–H and O–H groups in total. The van der Waals surface area contributed by atoms with Crippen molar-refractivity contribution < 1.29 is 20.8 Å². The Labute approximate surface area is 100 Å². The molecule has 4 heteroatoms. The van der Waals surface area contributed by atoms with Gasteiger partial charge in [0.15, 0.2) is 11.5 Å². The SMILES string of the molecule is [2H]c1c([2H])c([C@]([2H])(O)[C@H]2CCCCN2)c([2H])c(O)c1O. The van der Waals surface area contributed by atoms with Crippen LogP contribution in [0.1, 0.15) is 36.4 Å². The van der Waals surface area contributed by atoms with Crippen molar-refractivity contribution >= 4 is 0 Å². The van der Waals surface area contributed by atoms with E-state index in [1.807, 2.05) is 0 Å². The number of nitrogens with one attached hydrogen (secondary N) is 1. The number of benzene rings is 1. The molecule has 1 aliphatic heterocycles. The van der Waals surface area contributed by atoms with Gasteiger partial charge in [-0.2, -0.15) is 0 Å². The van der Waals surface area contributed by atoms with Crippen LogP contribution in [0.2, 0.25) is 0 Å². The van der Waals surface area contributed by atoms with Gasteiger partial charge in [-0.15, -0.1) is 0 Å². The van der Waals surface area contributed by atoms with Crippen molar-refractivity contribution in [2.24, 2.45) is 0 Å². The van der Waals surface area contributed by atoms with E-state index in [1.165, 1.54) is 0 Å². The first kappa shape index (κ1) is 7.14. The Morgan fingerprint density at radius 3 is 2.88 bits per heavy atom. The van der Waals surface area contributed by atoms with Gasteiger partial charge >= 0.3 is 0 Å². The Morgan fingerprint density at radius 2 is 2.19 bits per heavy atom. The molecule has 16 heavy (non-hydrogen) atoms. The van der Waals surface area contributed by atoms with Crippen molar-refractivity contribution in [2.45, 2.75) is 31.4 Å². The number of phenolic OH excluding ortho intramolecular Hbond substituents is 2. The van der Waals surface area contributed by atoms with Gasteiger partial charge in [-0.25, -0.2) is 0 Å². The van der Waals surface area contributed by atoms with Gasteiger partial charge in [-0.05, 0) is 37.0 Å². The molecule has 2 atom stereocenters. The molecule has 0 saturated carbocycles. The average Bonchev–Trinajstić information content (AvgIpc) is 2.44. The first-order valence-electron chi connectivity index (χ1n) is 7.26. The number of piperidine rings is 1. The van der Waals surface area contributed by atoms with Crippen molar-refractivity contribution in [1.82, 2.24) is 5.32 Å². The Kier molecular flexibility index (Phi) is 2.11. The topological polar surface area (TPSA) is 72.7 Å². The zero-order chi connectivity index (χ0) is 15.1. The van der Waals surface area contributed by atoms with Gasteiger partial charge in [0, 0.05) is 6.04 Å². The summed E-state index contributed by atoms with van der Waals surface area (Å²) in [5.74, 6) is -1.77. The van der Waals surface area contributed by atoms with Gasteiger partial charge in [0.05, 0.1) is 11.6 Å². The van der Waals surface area contributed by atoms with E-state index in [1.54, 1.807) is 0 Å². The molecule has 1 heterocycles. The summed E-state index contributed by atoms with van der Waals surface area (Å²) < 4.78 is 31.1. The Hall–Kier alpha value is -1.26. The van der Waals surface area contributed by atoms with Crippen LogP contribution in [0.5, 0.6) is 11.5 Å². The first-order chi connectivity index (χ1) is 9.28. The van der Waals surface area contributed by atoms with Crippen LogP contribution in [-0.4, -0.2) is 27.9 Å². The molecule has 0 radical (unpaired) electrons. The molecule has 88 valence electrons. The maximum absolute atomic E-state index is 10.4. The van der Waals surface area contributed by atoms with Crippen LogP contribution in [0.4, 0.5) is 0 Å². The molecular weight excluding hydrogens is 206 g/mol. The minimum Gasteiger partial charge on any atom is -0.504 e. The van der Waals surface area contributed by atoms with Crippen LogP contribution in [0.25, 0.3) is 0 Å². The molecule has 0 bridgehead atoms. The average molecular weight is 227 g/mol. The molecule has 1 aromatic rings. The number of aliphatic hydroxyl groups is 1. The van der Waals surface area contributed by atoms with Crippen molar-refractivity contribution in [2.75, 3.05) is 6.54 Å². The van der Waals surface area contributed by atoms with E-state index >= 15 is 0 Å².